The number of anilines is 1. The minimum atomic E-state index is -0.500. The Bertz CT molecular complexity index is 823. The number of hydrogen-bond acceptors (Lipinski definition) is 3. The molecular formula is C19H25BrN3O3+. The van der Waals surface area contributed by atoms with Gasteiger partial charge in [-0.2, -0.15) is 0 Å². The maximum Gasteiger partial charge on any atom is 0.356 e. The van der Waals surface area contributed by atoms with E-state index in [0.29, 0.717) is 24.1 Å². The number of aromatic nitrogens is 1. The molecule has 2 aromatic rings. The van der Waals surface area contributed by atoms with Crippen LogP contribution in [0, 0.1) is 11.8 Å². The van der Waals surface area contributed by atoms with Crippen LogP contribution in [0.2, 0.25) is 0 Å². The quantitative estimate of drug-likeness (QED) is 0.661. The number of rotatable bonds is 4. The summed E-state index contributed by atoms with van der Waals surface area (Å²) in [6.07, 6.45) is 1.22. The third kappa shape index (κ3) is 4.10. The molecule has 1 aromatic carbocycles. The van der Waals surface area contributed by atoms with Gasteiger partial charge in [0.05, 0.1) is 25.9 Å². The third-order valence-electron chi connectivity index (χ3n) is 4.90. The Balaban J connectivity index is 1.83. The summed E-state index contributed by atoms with van der Waals surface area (Å²) in [6.45, 7) is 6.87. The Kier molecular flexibility index (Phi) is 5.67. The molecule has 26 heavy (non-hydrogen) atoms. The third-order valence-corrected chi connectivity index (χ3v) is 5.40. The summed E-state index contributed by atoms with van der Waals surface area (Å²) in [5.41, 5.74) is 1.52. The molecule has 3 N–H and O–H groups in total. The molecule has 6 nitrogen and oxygen atoms in total. The minimum absolute atomic E-state index is 0.0904. The lowest BCUT2D eigenvalue weighted by Gasteiger charge is -2.31. The molecule has 1 aliphatic rings. The first-order valence-corrected chi connectivity index (χ1v) is 9.69. The smallest absolute Gasteiger partial charge is 0.356 e. The molecule has 1 amide bonds. The highest BCUT2D eigenvalue weighted by atomic mass is 79.9. The number of carbonyl (C=O) groups is 2. The van der Waals surface area contributed by atoms with Gasteiger partial charge >= 0.3 is 5.97 Å². The Morgan fingerprint density at radius 2 is 2.00 bits per heavy atom. The van der Waals surface area contributed by atoms with Crippen LogP contribution in [0.25, 0.3) is 10.9 Å². The van der Waals surface area contributed by atoms with E-state index in [4.69, 9.17) is 4.74 Å². The molecule has 0 saturated carbocycles. The first kappa shape index (κ1) is 18.9. The van der Waals surface area contributed by atoms with Crippen molar-refractivity contribution < 1.29 is 19.2 Å². The molecule has 140 valence electrons. The van der Waals surface area contributed by atoms with E-state index in [1.165, 1.54) is 18.4 Å². The second-order valence-corrected chi connectivity index (χ2v) is 8.30. The van der Waals surface area contributed by atoms with E-state index in [-0.39, 0.29) is 11.6 Å². The molecule has 0 aliphatic carbocycles. The highest BCUT2D eigenvalue weighted by Crippen LogP contribution is 2.30. The van der Waals surface area contributed by atoms with Crippen LogP contribution >= 0.6 is 15.9 Å². The lowest BCUT2D eigenvalue weighted by molar-refractivity contribution is -0.904. The van der Waals surface area contributed by atoms with Gasteiger partial charge < -0.3 is 19.9 Å². The van der Waals surface area contributed by atoms with Gasteiger partial charge in [0.15, 0.2) is 6.54 Å². The van der Waals surface area contributed by atoms with Gasteiger partial charge in [-0.1, -0.05) is 29.8 Å². The molecule has 0 radical (unpaired) electrons. The lowest BCUT2D eigenvalue weighted by Crippen LogP contribution is -3.15. The van der Waals surface area contributed by atoms with Crippen molar-refractivity contribution in [3.8, 4) is 0 Å². The predicted molar refractivity (Wildman–Crippen MR) is 104 cm³/mol. The van der Waals surface area contributed by atoms with Crippen molar-refractivity contribution in [2.45, 2.75) is 20.3 Å². The monoisotopic (exact) mass is 422 g/mol. The number of hydrogen-bond donors (Lipinski definition) is 3. The van der Waals surface area contributed by atoms with Crippen LogP contribution in [-0.2, 0) is 9.53 Å². The van der Waals surface area contributed by atoms with Crippen LogP contribution in [0.3, 0.4) is 0 Å². The van der Waals surface area contributed by atoms with E-state index in [1.54, 1.807) is 0 Å². The summed E-state index contributed by atoms with van der Waals surface area (Å²) in [6, 6.07) is 5.62. The van der Waals surface area contributed by atoms with Gasteiger partial charge in [0.2, 0.25) is 0 Å². The van der Waals surface area contributed by atoms with E-state index in [0.717, 1.165) is 28.5 Å². The number of ether oxygens (including phenoxy) is 1. The number of quaternary nitrogens is 1. The molecule has 2 atom stereocenters. The van der Waals surface area contributed by atoms with Crippen LogP contribution in [0.1, 0.15) is 30.8 Å². The van der Waals surface area contributed by atoms with Crippen molar-refractivity contribution in [3.63, 3.8) is 0 Å². The first-order valence-electron chi connectivity index (χ1n) is 8.90. The maximum atomic E-state index is 12.7. The van der Waals surface area contributed by atoms with Gasteiger partial charge in [0, 0.05) is 27.2 Å². The van der Waals surface area contributed by atoms with E-state index in [9.17, 15) is 9.59 Å². The number of piperidine rings is 1. The first-order chi connectivity index (χ1) is 12.4. The van der Waals surface area contributed by atoms with Crippen LogP contribution in [0.4, 0.5) is 5.69 Å². The summed E-state index contributed by atoms with van der Waals surface area (Å²) >= 11 is 3.44. The molecule has 0 spiro atoms. The van der Waals surface area contributed by atoms with Gasteiger partial charge in [-0.3, -0.25) is 4.79 Å². The number of H-pyrrole nitrogens is 1. The summed E-state index contributed by atoms with van der Waals surface area (Å²) in [4.78, 5) is 29.1. The fraction of sp³-hybridized carbons (Fsp3) is 0.474. The number of likely N-dealkylation sites (tertiary alicyclic amines) is 1. The van der Waals surface area contributed by atoms with Crippen molar-refractivity contribution in [2.75, 3.05) is 32.1 Å². The van der Waals surface area contributed by atoms with E-state index in [1.807, 2.05) is 18.2 Å². The number of amides is 1. The second-order valence-electron chi connectivity index (χ2n) is 7.39. The molecule has 1 fully saturated rings. The number of aromatic amines is 1. The number of carbonyl (C=O) groups excluding carboxylic acids is 2. The molecular weight excluding hydrogens is 398 g/mol. The SMILES string of the molecule is COC(=O)c1[nH]c2ccc(Br)cc2c1NC(=O)C[NH+]1C[C@@H](C)C[C@H](C)C1. The Morgan fingerprint density at radius 3 is 2.65 bits per heavy atom. The lowest BCUT2D eigenvalue weighted by atomic mass is 9.92. The van der Waals surface area contributed by atoms with Crippen molar-refractivity contribution in [2.24, 2.45) is 11.8 Å². The summed E-state index contributed by atoms with van der Waals surface area (Å²) in [5, 5.41) is 3.72. The molecule has 0 unspecified atom stereocenters. The van der Waals surface area contributed by atoms with E-state index < -0.39 is 5.97 Å². The van der Waals surface area contributed by atoms with Gasteiger partial charge in [-0.15, -0.1) is 0 Å². The predicted octanol–water partition coefficient (Wildman–Crippen LogP) is 2.22. The summed E-state index contributed by atoms with van der Waals surface area (Å²) in [7, 11) is 1.33. The standard InChI is InChI=1S/C19H24BrN3O3/c1-11-6-12(2)9-23(8-11)10-16(24)22-17-14-7-13(20)4-5-15(14)21-18(17)19(25)26-3/h4-5,7,11-12,21H,6,8-10H2,1-3H3,(H,22,24)/p+1/t11-,12-/m0/s1. The highest BCUT2D eigenvalue weighted by Gasteiger charge is 2.28. The van der Waals surface area contributed by atoms with Gasteiger partial charge in [-0.25, -0.2) is 4.79 Å². The van der Waals surface area contributed by atoms with Crippen LogP contribution in [-0.4, -0.2) is 43.6 Å². The van der Waals surface area contributed by atoms with Crippen molar-refractivity contribution in [1.29, 1.82) is 0 Å². The van der Waals surface area contributed by atoms with E-state index in [2.05, 4.69) is 40.1 Å². The number of esters is 1. The van der Waals surface area contributed by atoms with Crippen LogP contribution in [0.15, 0.2) is 22.7 Å². The Labute approximate surface area is 161 Å². The number of methoxy groups -OCH3 is 1. The molecule has 1 aliphatic heterocycles. The topological polar surface area (TPSA) is 75.6 Å². The largest absolute Gasteiger partial charge is 0.464 e. The Hall–Kier alpha value is -1.86. The van der Waals surface area contributed by atoms with E-state index >= 15 is 0 Å². The summed E-state index contributed by atoms with van der Waals surface area (Å²) < 4.78 is 5.73. The minimum Gasteiger partial charge on any atom is -0.464 e. The fourth-order valence-electron chi connectivity index (χ4n) is 4.03. The van der Waals surface area contributed by atoms with Crippen molar-refractivity contribution in [3.05, 3.63) is 28.4 Å². The van der Waals surface area contributed by atoms with Gasteiger partial charge in [0.1, 0.15) is 5.69 Å². The van der Waals surface area contributed by atoms with Crippen molar-refractivity contribution >= 4 is 44.4 Å². The zero-order valence-electron chi connectivity index (χ0n) is 15.3. The average molecular weight is 423 g/mol. The number of benzene rings is 1. The summed E-state index contributed by atoms with van der Waals surface area (Å²) in [5.74, 6) is 0.653. The van der Waals surface area contributed by atoms with Crippen molar-refractivity contribution in [1.82, 2.24) is 4.98 Å². The second kappa shape index (κ2) is 7.80. The zero-order valence-corrected chi connectivity index (χ0v) is 16.9. The van der Waals surface area contributed by atoms with Gasteiger partial charge in [0.25, 0.3) is 5.91 Å². The molecule has 1 aromatic heterocycles. The van der Waals surface area contributed by atoms with Gasteiger partial charge in [-0.05, 0) is 24.6 Å². The highest BCUT2D eigenvalue weighted by molar-refractivity contribution is 9.10. The molecule has 2 heterocycles. The number of halogens is 1. The van der Waals surface area contributed by atoms with Crippen LogP contribution in [0.5, 0.6) is 0 Å². The maximum absolute atomic E-state index is 12.7. The zero-order chi connectivity index (χ0) is 18.8. The Morgan fingerprint density at radius 1 is 1.31 bits per heavy atom. The van der Waals surface area contributed by atoms with Crippen LogP contribution < -0.4 is 10.2 Å². The molecule has 1 saturated heterocycles. The number of nitrogens with one attached hydrogen (secondary N) is 3. The molecule has 7 heteroatoms. The normalized spacial score (nSPS) is 23.0. The molecule has 3 rings (SSSR count). The average Bonchev–Trinajstić information content (AvgIpc) is 2.91. The molecule has 0 bridgehead atoms. The fourth-order valence-corrected chi connectivity index (χ4v) is 4.39. The number of fused-ring (bicyclic) bond motifs is 1.